The number of carboxylic acids is 1. The van der Waals surface area contributed by atoms with Crippen LogP contribution < -0.4 is 5.32 Å². The van der Waals surface area contributed by atoms with Gasteiger partial charge in [-0.2, -0.15) is 0 Å². The molecule has 4 nitrogen and oxygen atoms in total. The molecule has 2 aliphatic rings. The third-order valence-corrected chi connectivity index (χ3v) is 3.50. The molecule has 86 valence electrons. The third kappa shape index (κ3) is 2.69. The molecule has 0 aromatic rings. The third-order valence-electron chi connectivity index (χ3n) is 3.50. The molecule has 1 unspecified atom stereocenters. The molecule has 15 heavy (non-hydrogen) atoms. The highest BCUT2D eigenvalue weighted by molar-refractivity contribution is 5.68. The first-order valence-corrected chi connectivity index (χ1v) is 5.81. The first-order chi connectivity index (χ1) is 7.20. The maximum atomic E-state index is 10.3. The molecule has 0 amide bonds. The summed E-state index contributed by atoms with van der Waals surface area (Å²) in [5.41, 5.74) is 0.162. The average Bonchev–Trinajstić information content (AvgIpc) is 2.78. The van der Waals surface area contributed by atoms with Gasteiger partial charge >= 0.3 is 5.97 Å². The molecule has 2 rings (SSSR count). The van der Waals surface area contributed by atoms with Crippen LogP contribution in [0.5, 0.6) is 0 Å². The van der Waals surface area contributed by atoms with E-state index in [0.717, 1.165) is 12.8 Å². The zero-order valence-corrected chi connectivity index (χ0v) is 9.00. The summed E-state index contributed by atoms with van der Waals surface area (Å²) in [7, 11) is 0. The van der Waals surface area contributed by atoms with Gasteiger partial charge in [0, 0.05) is 6.54 Å². The fourth-order valence-corrected chi connectivity index (χ4v) is 2.77. The summed E-state index contributed by atoms with van der Waals surface area (Å²) in [6.45, 7) is 0.709. The highest BCUT2D eigenvalue weighted by Crippen LogP contribution is 2.42. The first-order valence-electron chi connectivity index (χ1n) is 5.81. The number of aliphatic carboxylic acids is 1. The lowest BCUT2D eigenvalue weighted by Gasteiger charge is -2.23. The minimum Gasteiger partial charge on any atom is -0.480 e. The number of carboxylic acid groups (broad SMARTS) is 1. The van der Waals surface area contributed by atoms with Crippen LogP contribution in [-0.2, 0) is 9.53 Å². The Kier molecular flexibility index (Phi) is 3.26. The first kappa shape index (κ1) is 10.9. The SMILES string of the molecule is O=C(O)CNCC1CCC2(CCCC2)O1. The van der Waals surface area contributed by atoms with Crippen LogP contribution in [0, 0.1) is 0 Å². The molecule has 0 aromatic carbocycles. The Bertz CT molecular complexity index is 236. The molecule has 1 heterocycles. The van der Waals surface area contributed by atoms with Crippen molar-refractivity contribution in [1.29, 1.82) is 0 Å². The molecule has 2 fully saturated rings. The van der Waals surface area contributed by atoms with Gasteiger partial charge in [-0.05, 0) is 25.7 Å². The van der Waals surface area contributed by atoms with Crippen LogP contribution in [0.4, 0.5) is 0 Å². The minimum absolute atomic E-state index is 0.0346. The monoisotopic (exact) mass is 213 g/mol. The Morgan fingerprint density at radius 2 is 2.13 bits per heavy atom. The van der Waals surface area contributed by atoms with Gasteiger partial charge in [-0.3, -0.25) is 4.79 Å². The number of nitrogens with one attached hydrogen (secondary N) is 1. The number of hydrogen-bond acceptors (Lipinski definition) is 3. The van der Waals surface area contributed by atoms with E-state index in [1.54, 1.807) is 0 Å². The Hall–Kier alpha value is -0.610. The molecule has 1 aliphatic carbocycles. The molecule has 0 aromatic heterocycles. The van der Waals surface area contributed by atoms with E-state index >= 15 is 0 Å². The van der Waals surface area contributed by atoms with E-state index < -0.39 is 5.97 Å². The van der Waals surface area contributed by atoms with Gasteiger partial charge in [0.05, 0.1) is 18.2 Å². The lowest BCUT2D eigenvalue weighted by molar-refractivity contribution is -0.136. The van der Waals surface area contributed by atoms with Gasteiger partial charge in [0.2, 0.25) is 0 Å². The molecule has 0 radical (unpaired) electrons. The second-order valence-corrected chi connectivity index (χ2v) is 4.69. The van der Waals surface area contributed by atoms with Gasteiger partial charge in [-0.15, -0.1) is 0 Å². The molecular weight excluding hydrogens is 194 g/mol. The fraction of sp³-hybridized carbons (Fsp3) is 0.909. The molecule has 1 saturated heterocycles. The van der Waals surface area contributed by atoms with Crippen molar-refractivity contribution in [3.8, 4) is 0 Å². The van der Waals surface area contributed by atoms with Gasteiger partial charge in [-0.25, -0.2) is 0 Å². The van der Waals surface area contributed by atoms with Crippen LogP contribution in [0.1, 0.15) is 38.5 Å². The quantitative estimate of drug-likeness (QED) is 0.735. The van der Waals surface area contributed by atoms with Gasteiger partial charge in [0.15, 0.2) is 0 Å². The summed E-state index contributed by atoms with van der Waals surface area (Å²) in [6, 6.07) is 0. The number of ether oxygens (including phenoxy) is 1. The standard InChI is InChI=1S/C11H19NO3/c13-10(14)8-12-7-9-3-6-11(15-9)4-1-2-5-11/h9,12H,1-8H2,(H,13,14). The summed E-state index contributed by atoms with van der Waals surface area (Å²) < 4.78 is 6.04. The van der Waals surface area contributed by atoms with Crippen LogP contribution in [-0.4, -0.2) is 35.9 Å². The summed E-state index contributed by atoms with van der Waals surface area (Å²) in [4.78, 5) is 10.3. The van der Waals surface area contributed by atoms with Crippen molar-refractivity contribution in [3.05, 3.63) is 0 Å². The molecule has 1 aliphatic heterocycles. The molecule has 4 heteroatoms. The van der Waals surface area contributed by atoms with Gasteiger partial charge in [-0.1, -0.05) is 12.8 Å². The van der Waals surface area contributed by atoms with Crippen LogP contribution in [0.15, 0.2) is 0 Å². The molecule has 1 spiro atoms. The largest absolute Gasteiger partial charge is 0.480 e. The van der Waals surface area contributed by atoms with Gasteiger partial charge < -0.3 is 15.2 Å². The van der Waals surface area contributed by atoms with Crippen molar-refractivity contribution < 1.29 is 14.6 Å². The normalized spacial score (nSPS) is 28.7. The van der Waals surface area contributed by atoms with Gasteiger partial charge in [0.1, 0.15) is 0 Å². The van der Waals surface area contributed by atoms with E-state index in [2.05, 4.69) is 5.32 Å². The summed E-state index contributed by atoms with van der Waals surface area (Å²) in [6.07, 6.45) is 7.43. The summed E-state index contributed by atoms with van der Waals surface area (Å²) in [5.74, 6) is -0.802. The molecule has 2 N–H and O–H groups in total. The highest BCUT2D eigenvalue weighted by Gasteiger charge is 2.41. The summed E-state index contributed by atoms with van der Waals surface area (Å²) >= 11 is 0. The second-order valence-electron chi connectivity index (χ2n) is 4.69. The number of carbonyl (C=O) groups is 1. The lowest BCUT2D eigenvalue weighted by atomic mass is 9.98. The highest BCUT2D eigenvalue weighted by atomic mass is 16.5. The van der Waals surface area contributed by atoms with E-state index in [4.69, 9.17) is 9.84 Å². The predicted molar refractivity (Wildman–Crippen MR) is 55.8 cm³/mol. The molecular formula is C11H19NO3. The van der Waals surface area contributed by atoms with Crippen molar-refractivity contribution in [2.45, 2.75) is 50.2 Å². The van der Waals surface area contributed by atoms with Crippen LogP contribution >= 0.6 is 0 Å². The zero-order valence-electron chi connectivity index (χ0n) is 9.00. The smallest absolute Gasteiger partial charge is 0.317 e. The van der Waals surface area contributed by atoms with E-state index in [1.165, 1.54) is 25.7 Å². The topological polar surface area (TPSA) is 58.6 Å². The predicted octanol–water partition coefficient (Wildman–Crippen LogP) is 1.15. The van der Waals surface area contributed by atoms with Crippen molar-refractivity contribution in [2.75, 3.05) is 13.1 Å². The van der Waals surface area contributed by atoms with Crippen LogP contribution in [0.2, 0.25) is 0 Å². The maximum Gasteiger partial charge on any atom is 0.317 e. The van der Waals surface area contributed by atoms with Crippen LogP contribution in [0.3, 0.4) is 0 Å². The lowest BCUT2D eigenvalue weighted by Crippen LogP contribution is -2.33. The Morgan fingerprint density at radius 1 is 1.40 bits per heavy atom. The number of rotatable bonds is 4. The van der Waals surface area contributed by atoms with Crippen molar-refractivity contribution >= 4 is 5.97 Å². The maximum absolute atomic E-state index is 10.3. The molecule has 1 atom stereocenters. The van der Waals surface area contributed by atoms with Gasteiger partial charge in [0.25, 0.3) is 0 Å². The second kappa shape index (κ2) is 4.49. The molecule has 1 saturated carbocycles. The minimum atomic E-state index is -0.802. The average molecular weight is 213 g/mol. The van der Waals surface area contributed by atoms with E-state index in [1.807, 2.05) is 0 Å². The Labute approximate surface area is 90.0 Å². The van der Waals surface area contributed by atoms with Crippen molar-refractivity contribution in [3.63, 3.8) is 0 Å². The van der Waals surface area contributed by atoms with E-state index in [9.17, 15) is 4.79 Å². The number of hydrogen-bond donors (Lipinski definition) is 2. The van der Waals surface area contributed by atoms with Crippen molar-refractivity contribution in [2.24, 2.45) is 0 Å². The van der Waals surface area contributed by atoms with E-state index in [0.29, 0.717) is 6.54 Å². The van der Waals surface area contributed by atoms with Crippen LogP contribution in [0.25, 0.3) is 0 Å². The Balaban J connectivity index is 1.70. The van der Waals surface area contributed by atoms with Crippen molar-refractivity contribution in [1.82, 2.24) is 5.32 Å². The molecule has 0 bridgehead atoms. The fourth-order valence-electron chi connectivity index (χ4n) is 2.77. The van der Waals surface area contributed by atoms with E-state index in [-0.39, 0.29) is 18.2 Å². The zero-order chi connectivity index (χ0) is 10.7. The summed E-state index contributed by atoms with van der Waals surface area (Å²) in [5, 5.41) is 11.4. The Morgan fingerprint density at radius 3 is 2.80 bits per heavy atom.